The number of likely N-dealkylation sites (N-methyl/N-ethyl adjacent to an activating group) is 1. The minimum atomic E-state index is -0.871. The van der Waals surface area contributed by atoms with Crippen molar-refractivity contribution in [1.29, 1.82) is 0 Å². The first-order valence-corrected chi connectivity index (χ1v) is 8.52. The van der Waals surface area contributed by atoms with E-state index >= 15 is 0 Å². The molecule has 27 heavy (non-hydrogen) atoms. The fourth-order valence-corrected chi connectivity index (χ4v) is 3.05. The Morgan fingerprint density at radius 3 is 2.81 bits per heavy atom. The number of nitrogens with zero attached hydrogens (tertiary/aromatic N) is 5. The average molecular weight is 377 g/mol. The topological polar surface area (TPSA) is 125 Å². The average Bonchev–Trinajstić information content (AvgIpc) is 3.12. The number of aliphatic carboxylic acids is 1. The summed E-state index contributed by atoms with van der Waals surface area (Å²) in [5, 5.41) is 24.9. The summed E-state index contributed by atoms with van der Waals surface area (Å²) < 4.78 is 15.3. The maximum atomic E-state index is 14.0. The van der Waals surface area contributed by atoms with E-state index in [-0.39, 0.29) is 24.3 Å². The van der Waals surface area contributed by atoms with E-state index in [4.69, 9.17) is 5.11 Å². The summed E-state index contributed by atoms with van der Waals surface area (Å²) in [6.07, 6.45) is 2.67. The zero-order chi connectivity index (χ0) is 19.4. The molecule has 0 atom stereocenters. The SMILES string of the molecule is CCN(CC(=O)O)C1CC(NC(=O)Nc2cc(-n3cnnn3)ccc2F)C1. The number of hydrogen-bond acceptors (Lipinski definition) is 6. The van der Waals surface area contributed by atoms with Crippen LogP contribution in [0.4, 0.5) is 14.9 Å². The Labute approximate surface area is 154 Å². The van der Waals surface area contributed by atoms with Crippen molar-refractivity contribution in [3.63, 3.8) is 0 Å². The highest BCUT2D eigenvalue weighted by Gasteiger charge is 2.34. The van der Waals surface area contributed by atoms with Gasteiger partial charge in [0.15, 0.2) is 0 Å². The highest BCUT2D eigenvalue weighted by atomic mass is 19.1. The predicted octanol–water partition coefficient (Wildman–Crippen LogP) is 0.860. The van der Waals surface area contributed by atoms with Gasteiger partial charge in [-0.2, -0.15) is 0 Å². The second kappa shape index (κ2) is 8.08. The Kier molecular flexibility index (Phi) is 5.60. The molecule has 1 aromatic heterocycles. The molecule has 2 amide bonds. The molecular formula is C16H20FN7O3. The molecule has 0 spiro atoms. The third-order valence-electron chi connectivity index (χ3n) is 4.52. The van der Waals surface area contributed by atoms with E-state index in [0.717, 1.165) is 0 Å². The van der Waals surface area contributed by atoms with Crippen LogP contribution in [0.15, 0.2) is 24.5 Å². The number of hydrogen-bond donors (Lipinski definition) is 3. The number of nitrogens with one attached hydrogen (secondary N) is 2. The van der Waals surface area contributed by atoms with Crippen LogP contribution in [0, 0.1) is 5.82 Å². The summed E-state index contributed by atoms with van der Waals surface area (Å²) in [4.78, 5) is 24.8. The van der Waals surface area contributed by atoms with Crippen LogP contribution in [-0.2, 0) is 4.79 Å². The van der Waals surface area contributed by atoms with E-state index in [0.29, 0.717) is 25.1 Å². The van der Waals surface area contributed by atoms with Crippen LogP contribution < -0.4 is 10.6 Å². The van der Waals surface area contributed by atoms with Gasteiger partial charge in [0.25, 0.3) is 0 Å². The number of rotatable bonds is 7. The van der Waals surface area contributed by atoms with Gasteiger partial charge in [0, 0.05) is 12.1 Å². The fourth-order valence-electron chi connectivity index (χ4n) is 3.05. The van der Waals surface area contributed by atoms with Crippen LogP contribution in [0.2, 0.25) is 0 Å². The van der Waals surface area contributed by atoms with Crippen LogP contribution in [0.1, 0.15) is 19.8 Å². The maximum absolute atomic E-state index is 14.0. The van der Waals surface area contributed by atoms with E-state index in [2.05, 4.69) is 26.2 Å². The van der Waals surface area contributed by atoms with Gasteiger partial charge in [0.2, 0.25) is 0 Å². The number of carboxylic acid groups (broad SMARTS) is 1. The second-order valence-electron chi connectivity index (χ2n) is 6.30. The van der Waals surface area contributed by atoms with Gasteiger partial charge in [-0.05, 0) is 48.0 Å². The minimum absolute atomic E-state index is 0.0115. The van der Waals surface area contributed by atoms with Gasteiger partial charge >= 0.3 is 12.0 Å². The van der Waals surface area contributed by atoms with E-state index in [1.807, 2.05) is 11.8 Å². The first-order valence-electron chi connectivity index (χ1n) is 8.52. The van der Waals surface area contributed by atoms with Crippen LogP contribution in [0.25, 0.3) is 5.69 Å². The largest absolute Gasteiger partial charge is 0.480 e. The number of benzene rings is 1. The van der Waals surface area contributed by atoms with Gasteiger partial charge in [-0.15, -0.1) is 5.10 Å². The molecule has 144 valence electrons. The van der Waals surface area contributed by atoms with Crippen LogP contribution in [0.3, 0.4) is 0 Å². The number of amides is 2. The molecule has 1 aliphatic rings. The molecule has 1 saturated carbocycles. The van der Waals surface area contributed by atoms with Crippen molar-refractivity contribution in [2.45, 2.75) is 31.8 Å². The monoisotopic (exact) mass is 377 g/mol. The summed E-state index contributed by atoms with van der Waals surface area (Å²) in [6.45, 7) is 2.51. The lowest BCUT2D eigenvalue weighted by Gasteiger charge is -2.42. The Balaban J connectivity index is 1.53. The molecule has 11 heteroatoms. The molecule has 1 aliphatic carbocycles. The molecule has 10 nitrogen and oxygen atoms in total. The number of carbonyl (C=O) groups excluding carboxylic acids is 1. The predicted molar refractivity (Wildman–Crippen MR) is 93.0 cm³/mol. The molecule has 0 bridgehead atoms. The maximum Gasteiger partial charge on any atom is 0.319 e. The van der Waals surface area contributed by atoms with Crippen molar-refractivity contribution < 1.29 is 19.1 Å². The zero-order valence-electron chi connectivity index (χ0n) is 14.7. The van der Waals surface area contributed by atoms with Crippen molar-refractivity contribution in [3.05, 3.63) is 30.3 Å². The highest BCUT2D eigenvalue weighted by molar-refractivity contribution is 5.90. The Morgan fingerprint density at radius 1 is 1.41 bits per heavy atom. The lowest BCUT2D eigenvalue weighted by Crippen LogP contribution is -2.55. The van der Waals surface area contributed by atoms with Crippen LogP contribution in [-0.4, -0.2) is 67.4 Å². The first kappa shape index (κ1) is 18.7. The molecular weight excluding hydrogens is 357 g/mol. The summed E-state index contributed by atoms with van der Waals surface area (Å²) in [7, 11) is 0. The van der Waals surface area contributed by atoms with E-state index < -0.39 is 17.8 Å². The van der Waals surface area contributed by atoms with E-state index in [9.17, 15) is 14.0 Å². The van der Waals surface area contributed by atoms with E-state index in [1.54, 1.807) is 0 Å². The van der Waals surface area contributed by atoms with Crippen molar-refractivity contribution in [2.24, 2.45) is 0 Å². The van der Waals surface area contributed by atoms with Crippen molar-refractivity contribution in [2.75, 3.05) is 18.4 Å². The number of halogens is 1. The molecule has 1 fully saturated rings. The lowest BCUT2D eigenvalue weighted by molar-refractivity contribution is -0.139. The number of carbonyl (C=O) groups is 2. The first-order chi connectivity index (χ1) is 13.0. The van der Waals surface area contributed by atoms with Crippen LogP contribution in [0.5, 0.6) is 0 Å². The number of carboxylic acids is 1. The summed E-state index contributed by atoms with van der Waals surface area (Å²) in [5.41, 5.74) is 0.519. The normalized spacial score (nSPS) is 18.8. The van der Waals surface area contributed by atoms with E-state index in [1.165, 1.54) is 29.2 Å². The van der Waals surface area contributed by atoms with Gasteiger partial charge in [-0.3, -0.25) is 9.69 Å². The molecule has 0 unspecified atom stereocenters. The summed E-state index contributed by atoms with van der Waals surface area (Å²) in [5.74, 6) is -1.45. The standard InChI is InChI=1S/C16H20FN7O3/c1-2-23(8-15(25)26)12-5-10(6-12)19-16(27)20-14-7-11(3-4-13(14)17)24-9-18-21-22-24/h3-4,7,9-10,12H,2,5-6,8H2,1H3,(H,25,26)(H2,19,20,27). The Morgan fingerprint density at radius 2 is 2.19 bits per heavy atom. The fraction of sp³-hybridized carbons (Fsp3) is 0.438. The second-order valence-corrected chi connectivity index (χ2v) is 6.30. The number of anilines is 1. The number of urea groups is 1. The number of tetrazole rings is 1. The quantitative estimate of drug-likeness (QED) is 0.653. The number of aromatic nitrogens is 4. The van der Waals surface area contributed by atoms with Gasteiger partial charge in [-0.25, -0.2) is 13.9 Å². The molecule has 3 N–H and O–H groups in total. The van der Waals surface area contributed by atoms with Crippen molar-refractivity contribution in [3.8, 4) is 5.69 Å². The van der Waals surface area contributed by atoms with Gasteiger partial charge in [0.05, 0.1) is 17.9 Å². The molecule has 0 radical (unpaired) electrons. The third kappa shape index (κ3) is 4.56. The summed E-state index contributed by atoms with van der Waals surface area (Å²) >= 11 is 0. The smallest absolute Gasteiger partial charge is 0.319 e. The van der Waals surface area contributed by atoms with Gasteiger partial charge in [-0.1, -0.05) is 6.92 Å². The molecule has 0 saturated heterocycles. The molecule has 3 rings (SSSR count). The molecule has 1 aromatic carbocycles. The van der Waals surface area contributed by atoms with Gasteiger partial charge < -0.3 is 15.7 Å². The molecule has 1 heterocycles. The molecule has 0 aliphatic heterocycles. The van der Waals surface area contributed by atoms with Gasteiger partial charge in [0.1, 0.15) is 12.1 Å². The third-order valence-corrected chi connectivity index (χ3v) is 4.52. The van der Waals surface area contributed by atoms with Crippen LogP contribution >= 0.6 is 0 Å². The minimum Gasteiger partial charge on any atom is -0.480 e. The Hall–Kier alpha value is -3.08. The van der Waals surface area contributed by atoms with Crippen molar-refractivity contribution in [1.82, 2.24) is 30.4 Å². The lowest BCUT2D eigenvalue weighted by atomic mass is 9.85. The zero-order valence-corrected chi connectivity index (χ0v) is 14.7. The van der Waals surface area contributed by atoms with Crippen molar-refractivity contribution >= 4 is 17.7 Å². The Bertz CT molecular complexity index is 808. The summed E-state index contributed by atoms with van der Waals surface area (Å²) in [6, 6.07) is 3.66. The molecule has 2 aromatic rings. The highest BCUT2D eigenvalue weighted by Crippen LogP contribution is 2.26.